The number of carbonyl (C=O) groups excluding carboxylic acids is 1. The fourth-order valence-electron chi connectivity index (χ4n) is 1.94. The van der Waals surface area contributed by atoms with E-state index in [1.165, 1.54) is 7.11 Å². The Morgan fingerprint density at radius 2 is 1.76 bits per heavy atom. The minimum Gasteiger partial charge on any atom is -0.495 e. The van der Waals surface area contributed by atoms with Crippen LogP contribution >= 0.6 is 31.9 Å². The summed E-state index contributed by atoms with van der Waals surface area (Å²) in [5, 5.41) is 0. The van der Waals surface area contributed by atoms with Gasteiger partial charge in [0.05, 0.1) is 19.8 Å². The van der Waals surface area contributed by atoms with Gasteiger partial charge in [-0.05, 0) is 46.3 Å². The van der Waals surface area contributed by atoms with Crippen molar-refractivity contribution >= 4 is 43.3 Å². The van der Waals surface area contributed by atoms with Crippen LogP contribution in [0.1, 0.15) is 15.9 Å². The van der Waals surface area contributed by atoms with Crippen molar-refractivity contribution in [2.45, 2.75) is 0 Å². The first-order valence-corrected chi connectivity index (χ1v) is 7.58. The highest BCUT2D eigenvalue weighted by Gasteiger charge is 2.21. The molecule has 0 atom stereocenters. The van der Waals surface area contributed by atoms with Crippen LogP contribution in [-0.2, 0) is 0 Å². The van der Waals surface area contributed by atoms with Crippen molar-refractivity contribution < 1.29 is 14.3 Å². The predicted octanol–water partition coefficient (Wildman–Crippen LogP) is 4.04. The van der Waals surface area contributed by atoms with Crippen LogP contribution in [0.15, 0.2) is 39.3 Å². The van der Waals surface area contributed by atoms with Crippen LogP contribution in [0.5, 0.6) is 11.5 Å². The van der Waals surface area contributed by atoms with Crippen molar-refractivity contribution in [1.29, 1.82) is 0 Å². The lowest BCUT2D eigenvalue weighted by Crippen LogP contribution is -2.08. The van der Waals surface area contributed by atoms with Gasteiger partial charge < -0.3 is 15.2 Å². The van der Waals surface area contributed by atoms with Gasteiger partial charge in [-0.15, -0.1) is 0 Å². The standard InChI is InChI=1S/C15H13Br2NO3/c1-20-12-6-4-9(15(21-2)13(12)17)14(19)10-7-8(16)3-5-11(10)18/h3-7H,18H2,1-2H3. The van der Waals surface area contributed by atoms with E-state index in [2.05, 4.69) is 31.9 Å². The van der Waals surface area contributed by atoms with Gasteiger partial charge in [0.1, 0.15) is 16.0 Å². The van der Waals surface area contributed by atoms with E-state index >= 15 is 0 Å². The van der Waals surface area contributed by atoms with Gasteiger partial charge in [-0.2, -0.15) is 0 Å². The van der Waals surface area contributed by atoms with Gasteiger partial charge >= 0.3 is 0 Å². The van der Waals surface area contributed by atoms with E-state index in [0.29, 0.717) is 32.8 Å². The van der Waals surface area contributed by atoms with Crippen molar-refractivity contribution in [2.24, 2.45) is 0 Å². The molecule has 0 amide bonds. The van der Waals surface area contributed by atoms with Gasteiger partial charge in [0, 0.05) is 15.7 Å². The van der Waals surface area contributed by atoms with E-state index in [4.69, 9.17) is 15.2 Å². The number of nitrogens with two attached hydrogens (primary N) is 1. The average Bonchev–Trinajstić information content (AvgIpc) is 2.48. The summed E-state index contributed by atoms with van der Waals surface area (Å²) < 4.78 is 11.9. The second-order valence-electron chi connectivity index (χ2n) is 4.22. The van der Waals surface area contributed by atoms with E-state index in [-0.39, 0.29) is 5.78 Å². The lowest BCUT2D eigenvalue weighted by molar-refractivity contribution is 0.103. The third-order valence-corrected chi connectivity index (χ3v) is 4.23. The van der Waals surface area contributed by atoms with Crippen molar-refractivity contribution in [1.82, 2.24) is 0 Å². The topological polar surface area (TPSA) is 61.5 Å². The summed E-state index contributed by atoms with van der Waals surface area (Å²) in [7, 11) is 3.05. The smallest absolute Gasteiger partial charge is 0.198 e. The second-order valence-corrected chi connectivity index (χ2v) is 5.93. The van der Waals surface area contributed by atoms with E-state index in [0.717, 1.165) is 4.47 Å². The zero-order chi connectivity index (χ0) is 15.6. The third kappa shape index (κ3) is 3.06. The predicted molar refractivity (Wildman–Crippen MR) is 89.2 cm³/mol. The molecule has 4 nitrogen and oxygen atoms in total. The summed E-state index contributed by atoms with van der Waals surface area (Å²) in [4.78, 5) is 12.7. The number of carbonyl (C=O) groups is 1. The highest BCUT2D eigenvalue weighted by molar-refractivity contribution is 9.11. The molecule has 0 aliphatic carbocycles. The third-order valence-electron chi connectivity index (χ3n) is 2.99. The molecule has 0 radical (unpaired) electrons. The molecule has 0 bridgehead atoms. The molecule has 0 spiro atoms. The zero-order valence-electron chi connectivity index (χ0n) is 11.4. The van der Waals surface area contributed by atoms with E-state index in [1.807, 2.05) is 0 Å². The molecule has 0 saturated carbocycles. The Labute approximate surface area is 139 Å². The van der Waals surface area contributed by atoms with Gasteiger partial charge in [0.25, 0.3) is 0 Å². The van der Waals surface area contributed by atoms with Crippen LogP contribution in [0, 0.1) is 0 Å². The quantitative estimate of drug-likeness (QED) is 0.605. The number of hydrogen-bond donors (Lipinski definition) is 1. The Hall–Kier alpha value is -1.53. The first kappa shape index (κ1) is 15.9. The van der Waals surface area contributed by atoms with Crippen LogP contribution < -0.4 is 15.2 Å². The molecule has 0 fully saturated rings. The van der Waals surface area contributed by atoms with Crippen molar-refractivity contribution in [2.75, 3.05) is 20.0 Å². The molecule has 0 aliphatic rings. The number of ether oxygens (including phenoxy) is 2. The average molecular weight is 415 g/mol. The number of nitrogen functional groups attached to an aromatic ring is 1. The lowest BCUT2D eigenvalue weighted by atomic mass is 10.0. The lowest BCUT2D eigenvalue weighted by Gasteiger charge is -2.13. The van der Waals surface area contributed by atoms with Crippen LogP contribution in [0.2, 0.25) is 0 Å². The van der Waals surface area contributed by atoms with Crippen LogP contribution in [-0.4, -0.2) is 20.0 Å². The maximum Gasteiger partial charge on any atom is 0.198 e. The SMILES string of the molecule is COc1ccc(C(=O)c2cc(Br)ccc2N)c(OC)c1Br. The van der Waals surface area contributed by atoms with Gasteiger partial charge in [-0.1, -0.05) is 15.9 Å². The van der Waals surface area contributed by atoms with E-state index < -0.39 is 0 Å². The maximum atomic E-state index is 12.7. The largest absolute Gasteiger partial charge is 0.495 e. The van der Waals surface area contributed by atoms with Gasteiger partial charge in [0.15, 0.2) is 5.78 Å². The van der Waals surface area contributed by atoms with Crippen LogP contribution in [0.4, 0.5) is 5.69 Å². The fourth-order valence-corrected chi connectivity index (χ4v) is 2.97. The van der Waals surface area contributed by atoms with E-state index in [1.54, 1.807) is 37.4 Å². The van der Waals surface area contributed by atoms with Crippen molar-refractivity contribution in [3.05, 3.63) is 50.4 Å². The zero-order valence-corrected chi connectivity index (χ0v) is 14.6. The summed E-state index contributed by atoms with van der Waals surface area (Å²) >= 11 is 6.73. The molecule has 0 saturated heterocycles. The maximum absolute atomic E-state index is 12.7. The molecule has 0 aliphatic heterocycles. The Balaban J connectivity index is 2.58. The number of hydrogen-bond acceptors (Lipinski definition) is 4. The molecule has 2 N–H and O–H groups in total. The van der Waals surface area contributed by atoms with Crippen LogP contribution in [0.3, 0.4) is 0 Å². The van der Waals surface area contributed by atoms with Crippen LogP contribution in [0.25, 0.3) is 0 Å². The first-order chi connectivity index (χ1) is 9.99. The summed E-state index contributed by atoms with van der Waals surface area (Å²) in [5.41, 5.74) is 7.14. The molecule has 2 aromatic carbocycles. The Kier molecular flexibility index (Phi) is 4.90. The summed E-state index contributed by atoms with van der Waals surface area (Å²) in [6.07, 6.45) is 0. The molecule has 0 heterocycles. The number of benzene rings is 2. The van der Waals surface area contributed by atoms with Crippen molar-refractivity contribution in [3.8, 4) is 11.5 Å². The molecule has 110 valence electrons. The molecule has 2 aromatic rings. The number of ketones is 1. The molecule has 21 heavy (non-hydrogen) atoms. The minimum atomic E-state index is -0.214. The summed E-state index contributed by atoms with van der Waals surface area (Å²) in [6.45, 7) is 0. The number of halogens is 2. The van der Waals surface area contributed by atoms with Gasteiger partial charge in [0.2, 0.25) is 0 Å². The monoisotopic (exact) mass is 413 g/mol. The van der Waals surface area contributed by atoms with Gasteiger partial charge in [-0.25, -0.2) is 0 Å². The highest BCUT2D eigenvalue weighted by Crippen LogP contribution is 2.38. The normalized spacial score (nSPS) is 10.3. The Morgan fingerprint density at radius 3 is 2.38 bits per heavy atom. The molecule has 0 aromatic heterocycles. The number of anilines is 1. The molecule has 2 rings (SSSR count). The highest BCUT2D eigenvalue weighted by atomic mass is 79.9. The molecular formula is C15H13Br2NO3. The Bertz CT molecular complexity index is 702. The summed E-state index contributed by atoms with van der Waals surface area (Å²) in [6, 6.07) is 8.52. The number of methoxy groups -OCH3 is 2. The summed E-state index contributed by atoms with van der Waals surface area (Å²) in [5.74, 6) is 0.790. The van der Waals surface area contributed by atoms with E-state index in [9.17, 15) is 4.79 Å². The van der Waals surface area contributed by atoms with Gasteiger partial charge in [-0.3, -0.25) is 4.79 Å². The second kappa shape index (κ2) is 6.49. The fraction of sp³-hybridized carbons (Fsp3) is 0.133. The minimum absolute atomic E-state index is 0.214. The first-order valence-electron chi connectivity index (χ1n) is 5.99. The molecule has 6 heteroatoms. The Morgan fingerprint density at radius 1 is 1.05 bits per heavy atom. The number of rotatable bonds is 4. The van der Waals surface area contributed by atoms with Crippen molar-refractivity contribution in [3.63, 3.8) is 0 Å². The molecular weight excluding hydrogens is 402 g/mol. The molecule has 0 unspecified atom stereocenters.